The van der Waals surface area contributed by atoms with E-state index in [1.54, 1.807) is 25.2 Å². The maximum Gasteiger partial charge on any atom is 0.333 e. The van der Waals surface area contributed by atoms with Gasteiger partial charge < -0.3 is 14.6 Å². The van der Waals surface area contributed by atoms with Gasteiger partial charge in [-0.3, -0.25) is 4.79 Å². The number of benzene rings is 2. The van der Waals surface area contributed by atoms with E-state index in [4.69, 9.17) is 9.47 Å². The molecule has 1 N–H and O–H groups in total. The third kappa shape index (κ3) is 6.03. The van der Waals surface area contributed by atoms with Crippen LogP contribution < -0.4 is 4.74 Å². The summed E-state index contributed by atoms with van der Waals surface area (Å²) in [6.45, 7) is 6.23. The Balaban J connectivity index is 1.62. The van der Waals surface area contributed by atoms with E-state index >= 15 is 0 Å². The fourth-order valence-electron chi connectivity index (χ4n) is 3.18. The first-order valence-electron chi connectivity index (χ1n) is 10.1. The van der Waals surface area contributed by atoms with Gasteiger partial charge in [-0.25, -0.2) is 4.79 Å². The molecule has 0 aliphatic heterocycles. The lowest BCUT2D eigenvalue weighted by molar-refractivity contribution is -0.149. The Bertz CT molecular complexity index is 1030. The molecule has 2 aromatic carbocycles. The predicted molar refractivity (Wildman–Crippen MR) is 122 cm³/mol. The van der Waals surface area contributed by atoms with E-state index < -0.39 is 12.1 Å². The van der Waals surface area contributed by atoms with Crippen LogP contribution in [0.15, 0.2) is 54.6 Å². The standard InChI is InChI=1S/C25H26O5S/c1-4-29-22(25(27)28)14-18-5-11-21(12-6-18)30-15-24-16(2)13-23(31-24)20-9-7-19(8-10-20)17(3)26/h5-13,22H,4,14-15H2,1-3H3,(H,27,28). The molecule has 0 spiro atoms. The quantitative estimate of drug-likeness (QED) is 0.421. The predicted octanol–water partition coefficient (Wildman–Crippen LogP) is 5.54. The number of aliphatic carboxylic acids is 1. The molecule has 0 radical (unpaired) electrons. The second kappa shape index (κ2) is 10.4. The van der Waals surface area contributed by atoms with E-state index in [9.17, 15) is 14.7 Å². The smallest absolute Gasteiger partial charge is 0.333 e. The van der Waals surface area contributed by atoms with E-state index in [2.05, 4.69) is 13.0 Å². The van der Waals surface area contributed by atoms with Gasteiger partial charge in [0, 0.05) is 28.3 Å². The number of thiophene rings is 1. The maximum atomic E-state index is 11.5. The van der Waals surface area contributed by atoms with Gasteiger partial charge in [0.2, 0.25) is 0 Å². The molecule has 3 aromatic rings. The van der Waals surface area contributed by atoms with Crippen molar-refractivity contribution < 1.29 is 24.2 Å². The Kier molecular flexibility index (Phi) is 7.60. The van der Waals surface area contributed by atoms with Gasteiger partial charge in [0.1, 0.15) is 12.4 Å². The number of carboxylic acids is 1. The summed E-state index contributed by atoms with van der Waals surface area (Å²) in [7, 11) is 0. The van der Waals surface area contributed by atoms with Crippen LogP contribution in [-0.4, -0.2) is 29.6 Å². The van der Waals surface area contributed by atoms with Gasteiger partial charge in [0.15, 0.2) is 11.9 Å². The first kappa shape index (κ1) is 22.7. The van der Waals surface area contributed by atoms with Crippen LogP contribution in [-0.2, 0) is 22.6 Å². The lowest BCUT2D eigenvalue weighted by Crippen LogP contribution is -2.26. The van der Waals surface area contributed by atoms with Crippen LogP contribution in [0.3, 0.4) is 0 Å². The molecule has 0 amide bonds. The number of hydrogen-bond acceptors (Lipinski definition) is 5. The minimum absolute atomic E-state index is 0.0605. The second-order valence-corrected chi connectivity index (χ2v) is 8.41. The summed E-state index contributed by atoms with van der Waals surface area (Å²) in [5.74, 6) is -0.167. The highest BCUT2D eigenvalue weighted by Crippen LogP contribution is 2.32. The number of aryl methyl sites for hydroxylation is 1. The van der Waals surface area contributed by atoms with Crippen molar-refractivity contribution in [3.63, 3.8) is 0 Å². The topological polar surface area (TPSA) is 72.8 Å². The van der Waals surface area contributed by atoms with Crippen LogP contribution in [0.5, 0.6) is 5.75 Å². The van der Waals surface area contributed by atoms with Gasteiger partial charge >= 0.3 is 5.97 Å². The number of carbonyl (C=O) groups is 2. The van der Waals surface area contributed by atoms with Gasteiger partial charge in [-0.05, 0) is 55.7 Å². The van der Waals surface area contributed by atoms with Gasteiger partial charge in [-0.1, -0.05) is 36.4 Å². The number of rotatable bonds is 10. The van der Waals surface area contributed by atoms with Gasteiger partial charge in [-0.15, -0.1) is 11.3 Å². The van der Waals surface area contributed by atoms with Gasteiger partial charge in [-0.2, -0.15) is 0 Å². The second-order valence-electron chi connectivity index (χ2n) is 7.27. The van der Waals surface area contributed by atoms with Crippen LogP contribution in [0, 0.1) is 6.92 Å². The minimum Gasteiger partial charge on any atom is -0.488 e. The monoisotopic (exact) mass is 438 g/mol. The zero-order valence-corrected chi connectivity index (χ0v) is 18.7. The molecule has 0 saturated carbocycles. The Morgan fingerprint density at radius 1 is 1.06 bits per heavy atom. The van der Waals surface area contributed by atoms with Crippen LogP contribution >= 0.6 is 11.3 Å². The number of hydrogen-bond donors (Lipinski definition) is 1. The van der Waals surface area contributed by atoms with Gasteiger partial charge in [0.05, 0.1) is 0 Å². The molecule has 1 unspecified atom stereocenters. The summed E-state index contributed by atoms with van der Waals surface area (Å²) in [5.41, 5.74) is 3.83. The first-order chi connectivity index (χ1) is 14.9. The van der Waals surface area contributed by atoms with E-state index in [1.165, 1.54) is 0 Å². The normalized spacial score (nSPS) is 11.8. The Morgan fingerprint density at radius 3 is 2.32 bits per heavy atom. The third-order valence-corrected chi connectivity index (χ3v) is 6.21. The molecule has 1 heterocycles. The van der Waals surface area contributed by atoms with E-state index in [1.807, 2.05) is 48.5 Å². The minimum atomic E-state index is -0.956. The summed E-state index contributed by atoms with van der Waals surface area (Å²) >= 11 is 1.67. The summed E-state index contributed by atoms with van der Waals surface area (Å²) in [6.07, 6.45) is -0.521. The Hall–Kier alpha value is -2.96. The van der Waals surface area contributed by atoms with Crippen molar-refractivity contribution in [3.8, 4) is 16.2 Å². The fourth-order valence-corrected chi connectivity index (χ4v) is 4.27. The van der Waals surface area contributed by atoms with Crippen molar-refractivity contribution in [3.05, 3.63) is 76.2 Å². The summed E-state index contributed by atoms with van der Waals surface area (Å²) in [4.78, 5) is 25.0. The molecule has 1 atom stereocenters. The fraction of sp³-hybridized carbons (Fsp3) is 0.280. The number of Topliss-reactive ketones (excluding diaryl/α,β-unsaturated/α-hetero) is 1. The molecule has 0 bridgehead atoms. The molecule has 5 nitrogen and oxygen atoms in total. The van der Waals surface area contributed by atoms with Gasteiger partial charge in [0.25, 0.3) is 0 Å². The molecule has 1 aromatic heterocycles. The number of ketones is 1. The third-order valence-electron chi connectivity index (χ3n) is 4.95. The molecular weight excluding hydrogens is 412 g/mol. The SMILES string of the molecule is CCOC(Cc1ccc(OCc2sc(-c3ccc(C(C)=O)cc3)cc2C)cc1)C(=O)O. The molecule has 0 aliphatic rings. The number of carboxylic acid groups (broad SMARTS) is 1. The van der Waals surface area contributed by atoms with Crippen molar-refractivity contribution >= 4 is 23.1 Å². The highest BCUT2D eigenvalue weighted by atomic mass is 32.1. The van der Waals surface area contributed by atoms with Crippen LogP contribution in [0.4, 0.5) is 0 Å². The highest BCUT2D eigenvalue weighted by Gasteiger charge is 2.18. The molecule has 162 valence electrons. The molecular formula is C25H26O5S. The van der Waals surface area contributed by atoms with Crippen molar-refractivity contribution in [1.82, 2.24) is 0 Å². The van der Waals surface area contributed by atoms with E-state index in [-0.39, 0.29) is 5.78 Å². The number of ether oxygens (including phenoxy) is 2. The molecule has 3 rings (SSSR count). The lowest BCUT2D eigenvalue weighted by Gasteiger charge is -2.13. The van der Waals surface area contributed by atoms with Crippen molar-refractivity contribution in [2.24, 2.45) is 0 Å². The van der Waals surface area contributed by atoms with Crippen molar-refractivity contribution in [2.75, 3.05) is 6.61 Å². The largest absolute Gasteiger partial charge is 0.488 e. The number of carbonyl (C=O) groups excluding carboxylic acids is 1. The molecule has 31 heavy (non-hydrogen) atoms. The van der Waals surface area contributed by atoms with Crippen LogP contribution in [0.1, 0.15) is 40.2 Å². The molecule has 6 heteroatoms. The zero-order chi connectivity index (χ0) is 22.4. The average Bonchev–Trinajstić information content (AvgIpc) is 3.13. The van der Waals surface area contributed by atoms with E-state index in [0.717, 1.165) is 32.2 Å². The highest BCUT2D eigenvalue weighted by molar-refractivity contribution is 7.15. The molecule has 0 fully saturated rings. The lowest BCUT2D eigenvalue weighted by atomic mass is 10.1. The van der Waals surface area contributed by atoms with E-state index in [0.29, 0.717) is 25.2 Å². The first-order valence-corrected chi connectivity index (χ1v) is 11.0. The summed E-state index contributed by atoms with van der Waals surface area (Å²) < 4.78 is 11.2. The molecule has 0 aliphatic carbocycles. The van der Waals surface area contributed by atoms with Crippen LogP contribution in [0.2, 0.25) is 0 Å². The summed E-state index contributed by atoms with van der Waals surface area (Å²) in [5, 5.41) is 9.22. The van der Waals surface area contributed by atoms with Crippen molar-refractivity contribution in [2.45, 2.75) is 39.9 Å². The Morgan fingerprint density at radius 2 is 1.74 bits per heavy atom. The van der Waals surface area contributed by atoms with Crippen LogP contribution in [0.25, 0.3) is 10.4 Å². The maximum absolute atomic E-state index is 11.5. The molecule has 0 saturated heterocycles. The average molecular weight is 439 g/mol. The zero-order valence-electron chi connectivity index (χ0n) is 17.9. The Labute approximate surface area is 186 Å². The van der Waals surface area contributed by atoms with Crippen molar-refractivity contribution in [1.29, 1.82) is 0 Å². The summed E-state index contributed by atoms with van der Waals surface area (Å²) in [6, 6.07) is 17.2.